The molecule has 146 valence electrons. The summed E-state index contributed by atoms with van der Waals surface area (Å²) in [5, 5.41) is 6.53. The molecule has 0 aliphatic rings. The van der Waals surface area contributed by atoms with Crippen LogP contribution in [0.25, 0.3) is 0 Å². The van der Waals surface area contributed by atoms with Crippen molar-refractivity contribution in [1.82, 2.24) is 9.97 Å². The van der Waals surface area contributed by atoms with Gasteiger partial charge in [0.05, 0.1) is 14.2 Å². The van der Waals surface area contributed by atoms with E-state index >= 15 is 0 Å². The number of anilines is 4. The van der Waals surface area contributed by atoms with Gasteiger partial charge in [0.15, 0.2) is 11.5 Å². The van der Waals surface area contributed by atoms with Crippen LogP contribution >= 0.6 is 0 Å². The minimum Gasteiger partial charge on any atom is -0.493 e. The van der Waals surface area contributed by atoms with Gasteiger partial charge in [-0.05, 0) is 48.0 Å². The molecule has 0 bridgehead atoms. The number of rotatable bonds is 8. The quantitative estimate of drug-likeness (QED) is 0.615. The summed E-state index contributed by atoms with van der Waals surface area (Å²) in [7, 11) is 7.28. The molecule has 0 radical (unpaired) electrons. The van der Waals surface area contributed by atoms with E-state index in [0.29, 0.717) is 24.0 Å². The van der Waals surface area contributed by atoms with E-state index in [2.05, 4.69) is 37.6 Å². The molecule has 0 aliphatic carbocycles. The number of nitrogens with one attached hydrogen (secondary N) is 2. The van der Waals surface area contributed by atoms with Gasteiger partial charge in [-0.3, -0.25) is 0 Å². The number of hydrogen-bond donors (Lipinski definition) is 2. The molecular formula is C21H25N5O2. The Kier molecular flexibility index (Phi) is 6.16. The molecule has 0 atom stereocenters. The normalized spacial score (nSPS) is 10.3. The zero-order valence-corrected chi connectivity index (χ0v) is 16.6. The molecule has 0 spiro atoms. The first-order valence-electron chi connectivity index (χ1n) is 8.91. The maximum absolute atomic E-state index is 5.34. The van der Waals surface area contributed by atoms with E-state index in [9.17, 15) is 0 Å². The molecule has 0 fully saturated rings. The van der Waals surface area contributed by atoms with Crippen molar-refractivity contribution in [2.45, 2.75) is 6.54 Å². The Bertz CT molecular complexity index is 913. The van der Waals surface area contributed by atoms with E-state index in [0.717, 1.165) is 22.8 Å². The Morgan fingerprint density at radius 3 is 2.36 bits per heavy atom. The van der Waals surface area contributed by atoms with Crippen LogP contribution in [0.2, 0.25) is 0 Å². The predicted molar refractivity (Wildman–Crippen MR) is 113 cm³/mol. The standard InChI is InChI=1S/C21H25N5O2/c1-26(2)17-8-6-16(7-9-17)24-20-11-12-22-21(25-20)23-14-15-5-10-18(27-3)19(13-15)28-4/h5-13H,14H2,1-4H3,(H2,22,23,24,25). The molecule has 2 aromatic carbocycles. The van der Waals surface area contributed by atoms with Gasteiger partial charge < -0.3 is 25.0 Å². The van der Waals surface area contributed by atoms with Gasteiger partial charge in [-0.2, -0.15) is 4.98 Å². The number of aromatic nitrogens is 2. The van der Waals surface area contributed by atoms with E-state index in [1.54, 1.807) is 20.4 Å². The molecule has 1 heterocycles. The third-order valence-corrected chi connectivity index (χ3v) is 4.21. The minimum atomic E-state index is 0.546. The molecule has 3 rings (SSSR count). The van der Waals surface area contributed by atoms with Crippen LogP contribution in [-0.4, -0.2) is 38.3 Å². The highest BCUT2D eigenvalue weighted by atomic mass is 16.5. The van der Waals surface area contributed by atoms with E-state index < -0.39 is 0 Å². The van der Waals surface area contributed by atoms with Crippen LogP contribution in [0, 0.1) is 0 Å². The SMILES string of the molecule is COc1ccc(CNc2nccc(Nc3ccc(N(C)C)cc3)n2)cc1OC. The molecule has 2 N–H and O–H groups in total. The van der Waals surface area contributed by atoms with Crippen molar-refractivity contribution in [3.63, 3.8) is 0 Å². The number of methoxy groups -OCH3 is 2. The highest BCUT2D eigenvalue weighted by Gasteiger charge is 2.06. The molecule has 0 amide bonds. The first-order valence-corrected chi connectivity index (χ1v) is 8.91. The van der Waals surface area contributed by atoms with E-state index in [4.69, 9.17) is 9.47 Å². The van der Waals surface area contributed by atoms with Crippen molar-refractivity contribution in [3.05, 3.63) is 60.3 Å². The van der Waals surface area contributed by atoms with Gasteiger partial charge in [0.25, 0.3) is 0 Å². The summed E-state index contributed by atoms with van der Waals surface area (Å²) in [5.41, 5.74) is 3.15. The zero-order valence-electron chi connectivity index (χ0n) is 16.6. The maximum Gasteiger partial charge on any atom is 0.224 e. The van der Waals surface area contributed by atoms with Crippen LogP contribution in [0.15, 0.2) is 54.7 Å². The summed E-state index contributed by atoms with van der Waals surface area (Å²) < 4.78 is 10.6. The zero-order chi connectivity index (χ0) is 19.9. The van der Waals surface area contributed by atoms with Crippen molar-refractivity contribution >= 4 is 23.1 Å². The van der Waals surface area contributed by atoms with Gasteiger partial charge in [0.2, 0.25) is 5.95 Å². The minimum absolute atomic E-state index is 0.546. The molecular weight excluding hydrogens is 354 g/mol. The lowest BCUT2D eigenvalue weighted by molar-refractivity contribution is 0.354. The van der Waals surface area contributed by atoms with Crippen molar-refractivity contribution in [3.8, 4) is 11.5 Å². The Morgan fingerprint density at radius 1 is 0.929 bits per heavy atom. The van der Waals surface area contributed by atoms with Crippen LogP contribution in [0.3, 0.4) is 0 Å². The van der Waals surface area contributed by atoms with Gasteiger partial charge in [-0.25, -0.2) is 4.98 Å². The van der Waals surface area contributed by atoms with E-state index in [1.807, 2.05) is 50.5 Å². The van der Waals surface area contributed by atoms with Gasteiger partial charge in [-0.15, -0.1) is 0 Å². The first kappa shape index (κ1) is 19.3. The van der Waals surface area contributed by atoms with Crippen molar-refractivity contribution < 1.29 is 9.47 Å². The maximum atomic E-state index is 5.34. The van der Waals surface area contributed by atoms with Gasteiger partial charge in [0, 0.05) is 38.2 Å². The van der Waals surface area contributed by atoms with Gasteiger partial charge in [0.1, 0.15) is 5.82 Å². The molecule has 7 heteroatoms. The smallest absolute Gasteiger partial charge is 0.224 e. The summed E-state index contributed by atoms with van der Waals surface area (Å²) in [6.45, 7) is 0.571. The Labute approximate surface area is 165 Å². The van der Waals surface area contributed by atoms with Gasteiger partial charge in [-0.1, -0.05) is 6.07 Å². The highest BCUT2D eigenvalue weighted by Crippen LogP contribution is 2.27. The van der Waals surface area contributed by atoms with Crippen molar-refractivity contribution in [1.29, 1.82) is 0 Å². The lowest BCUT2D eigenvalue weighted by Gasteiger charge is -2.13. The van der Waals surface area contributed by atoms with Crippen LogP contribution < -0.4 is 25.0 Å². The fraction of sp³-hybridized carbons (Fsp3) is 0.238. The Morgan fingerprint density at radius 2 is 1.68 bits per heavy atom. The number of benzene rings is 2. The average molecular weight is 379 g/mol. The van der Waals surface area contributed by atoms with E-state index in [-0.39, 0.29) is 0 Å². The molecule has 28 heavy (non-hydrogen) atoms. The van der Waals surface area contributed by atoms with Crippen LogP contribution in [-0.2, 0) is 6.54 Å². The molecule has 3 aromatic rings. The third kappa shape index (κ3) is 4.82. The van der Waals surface area contributed by atoms with Crippen molar-refractivity contribution in [2.24, 2.45) is 0 Å². The fourth-order valence-corrected chi connectivity index (χ4v) is 2.68. The summed E-state index contributed by atoms with van der Waals surface area (Å²) in [4.78, 5) is 10.9. The van der Waals surface area contributed by atoms with E-state index in [1.165, 1.54) is 0 Å². The molecule has 0 saturated carbocycles. The second-order valence-corrected chi connectivity index (χ2v) is 6.37. The van der Waals surface area contributed by atoms with Crippen LogP contribution in [0.4, 0.5) is 23.1 Å². The Hall–Kier alpha value is -3.48. The lowest BCUT2D eigenvalue weighted by Crippen LogP contribution is -2.08. The summed E-state index contributed by atoms with van der Waals surface area (Å²) >= 11 is 0. The monoisotopic (exact) mass is 379 g/mol. The summed E-state index contributed by atoms with van der Waals surface area (Å²) in [5.74, 6) is 2.67. The summed E-state index contributed by atoms with van der Waals surface area (Å²) in [6.07, 6.45) is 1.72. The molecule has 1 aromatic heterocycles. The molecule has 0 aliphatic heterocycles. The van der Waals surface area contributed by atoms with Gasteiger partial charge >= 0.3 is 0 Å². The lowest BCUT2D eigenvalue weighted by atomic mass is 10.2. The number of hydrogen-bond acceptors (Lipinski definition) is 7. The van der Waals surface area contributed by atoms with Crippen LogP contribution in [0.1, 0.15) is 5.56 Å². The second-order valence-electron chi connectivity index (χ2n) is 6.37. The Balaban J connectivity index is 1.65. The highest BCUT2D eigenvalue weighted by molar-refractivity contribution is 5.61. The topological polar surface area (TPSA) is 71.5 Å². The van der Waals surface area contributed by atoms with Crippen molar-refractivity contribution in [2.75, 3.05) is 43.8 Å². The molecule has 7 nitrogen and oxygen atoms in total. The van der Waals surface area contributed by atoms with Crippen LogP contribution in [0.5, 0.6) is 11.5 Å². The third-order valence-electron chi connectivity index (χ3n) is 4.21. The predicted octanol–water partition coefficient (Wildman–Crippen LogP) is 3.92. The molecule has 0 unspecified atom stereocenters. The number of nitrogens with zero attached hydrogens (tertiary/aromatic N) is 3. The largest absolute Gasteiger partial charge is 0.493 e. The number of ether oxygens (including phenoxy) is 2. The average Bonchev–Trinajstić information content (AvgIpc) is 2.72. The molecule has 0 saturated heterocycles. The first-order chi connectivity index (χ1) is 13.6. The second kappa shape index (κ2) is 8.94. The summed E-state index contributed by atoms with van der Waals surface area (Å²) in [6, 6.07) is 15.8. The fourth-order valence-electron chi connectivity index (χ4n) is 2.68.